The van der Waals surface area contributed by atoms with E-state index in [9.17, 15) is 13.2 Å². The first-order chi connectivity index (χ1) is 9.92. The van der Waals surface area contributed by atoms with Crippen molar-refractivity contribution >= 4 is 33.4 Å². The van der Waals surface area contributed by atoms with Crippen molar-refractivity contribution in [2.45, 2.75) is 0 Å². The van der Waals surface area contributed by atoms with Crippen LogP contribution < -0.4 is 10.0 Å². The van der Waals surface area contributed by atoms with Crippen LogP contribution >= 0.6 is 0 Å². The average Bonchev–Trinajstić information content (AvgIpc) is 2.87. The highest BCUT2D eigenvalue weighted by Crippen LogP contribution is 2.16. The number of hydrogen-bond donors (Lipinski definition) is 2. The summed E-state index contributed by atoms with van der Waals surface area (Å²) in [5.41, 5.74) is 0.864. The van der Waals surface area contributed by atoms with Gasteiger partial charge in [0, 0.05) is 11.8 Å². The summed E-state index contributed by atoms with van der Waals surface area (Å²) < 4.78 is 29.7. The number of hydrogen-bond acceptors (Lipinski definition) is 4. The van der Waals surface area contributed by atoms with Gasteiger partial charge in [0.25, 0.3) is 0 Å². The molecule has 1 heterocycles. The van der Waals surface area contributed by atoms with E-state index in [1.54, 1.807) is 30.3 Å². The minimum absolute atomic E-state index is 0.345. The summed E-state index contributed by atoms with van der Waals surface area (Å²) >= 11 is 0. The highest BCUT2D eigenvalue weighted by Gasteiger charge is 2.04. The molecule has 0 spiro atoms. The van der Waals surface area contributed by atoms with E-state index in [4.69, 9.17) is 4.42 Å². The van der Waals surface area contributed by atoms with Crippen LogP contribution in [0, 0.1) is 0 Å². The number of carbonyl (C=O) groups is 1. The largest absolute Gasteiger partial charge is 0.465 e. The molecule has 2 N–H and O–H groups in total. The Balaban J connectivity index is 2.02. The average molecular weight is 306 g/mol. The lowest BCUT2D eigenvalue weighted by Gasteiger charge is -2.06. The molecular weight excluding hydrogens is 292 g/mol. The van der Waals surface area contributed by atoms with Crippen LogP contribution in [0.5, 0.6) is 0 Å². The van der Waals surface area contributed by atoms with Crippen LogP contribution in [0.3, 0.4) is 0 Å². The molecule has 0 saturated carbocycles. The molecule has 0 atom stereocenters. The van der Waals surface area contributed by atoms with Crippen LogP contribution in [0.4, 0.5) is 11.4 Å². The maximum absolute atomic E-state index is 11.7. The maximum atomic E-state index is 11.7. The highest BCUT2D eigenvalue weighted by molar-refractivity contribution is 7.92. The lowest BCUT2D eigenvalue weighted by atomic mass is 10.3. The topological polar surface area (TPSA) is 88.4 Å². The van der Waals surface area contributed by atoms with Crippen molar-refractivity contribution in [3.05, 3.63) is 54.5 Å². The molecule has 110 valence electrons. The van der Waals surface area contributed by atoms with E-state index >= 15 is 0 Å². The summed E-state index contributed by atoms with van der Waals surface area (Å²) in [5.74, 6) is 0.223. The molecule has 0 radical (unpaired) electrons. The van der Waals surface area contributed by atoms with Gasteiger partial charge in [0.1, 0.15) is 5.76 Å². The van der Waals surface area contributed by atoms with Crippen LogP contribution in [-0.2, 0) is 14.8 Å². The zero-order valence-corrected chi connectivity index (χ0v) is 12.1. The summed E-state index contributed by atoms with van der Waals surface area (Å²) in [6, 6.07) is 9.86. The molecule has 2 rings (SSSR count). The Morgan fingerprint density at radius 1 is 1.19 bits per heavy atom. The van der Waals surface area contributed by atoms with Gasteiger partial charge in [0.15, 0.2) is 0 Å². The fourth-order valence-electron chi connectivity index (χ4n) is 1.60. The van der Waals surface area contributed by atoms with Gasteiger partial charge < -0.3 is 9.73 Å². The lowest BCUT2D eigenvalue weighted by molar-refractivity contribution is -0.111. The van der Waals surface area contributed by atoms with Gasteiger partial charge in [-0.2, -0.15) is 0 Å². The summed E-state index contributed by atoms with van der Waals surface area (Å²) in [6.07, 6.45) is 5.44. The number of rotatable bonds is 5. The van der Waals surface area contributed by atoms with Crippen molar-refractivity contribution in [2.75, 3.05) is 16.3 Å². The van der Waals surface area contributed by atoms with E-state index < -0.39 is 10.0 Å². The maximum Gasteiger partial charge on any atom is 0.248 e. The van der Waals surface area contributed by atoms with Gasteiger partial charge in [-0.1, -0.05) is 6.07 Å². The fraction of sp³-hybridized carbons (Fsp3) is 0.0714. The molecule has 1 amide bonds. The zero-order valence-electron chi connectivity index (χ0n) is 11.2. The van der Waals surface area contributed by atoms with Crippen molar-refractivity contribution in [3.8, 4) is 0 Å². The van der Waals surface area contributed by atoms with E-state index in [1.165, 1.54) is 24.5 Å². The van der Waals surface area contributed by atoms with Crippen molar-refractivity contribution in [3.63, 3.8) is 0 Å². The molecule has 1 aromatic carbocycles. The molecule has 0 bridgehead atoms. The SMILES string of the molecule is CS(=O)(=O)Nc1cccc(NC(=O)/C=C/c2ccco2)c1. The van der Waals surface area contributed by atoms with E-state index in [1.807, 2.05) is 0 Å². The zero-order chi connectivity index (χ0) is 15.3. The van der Waals surface area contributed by atoms with Crippen LogP contribution in [0.2, 0.25) is 0 Å². The smallest absolute Gasteiger partial charge is 0.248 e. The minimum Gasteiger partial charge on any atom is -0.465 e. The van der Waals surface area contributed by atoms with Crippen molar-refractivity contribution in [1.82, 2.24) is 0 Å². The van der Waals surface area contributed by atoms with Crippen LogP contribution in [0.25, 0.3) is 6.08 Å². The first kappa shape index (κ1) is 14.9. The predicted octanol–water partition coefficient (Wildman–Crippen LogP) is 2.30. The molecule has 0 aliphatic rings. The summed E-state index contributed by atoms with van der Waals surface area (Å²) in [4.78, 5) is 11.7. The van der Waals surface area contributed by atoms with E-state index in [2.05, 4.69) is 10.0 Å². The van der Waals surface area contributed by atoms with Crippen LogP contribution in [0.1, 0.15) is 5.76 Å². The molecule has 7 heteroatoms. The number of carbonyl (C=O) groups excluding carboxylic acids is 1. The molecule has 6 nitrogen and oxygen atoms in total. The van der Waals surface area contributed by atoms with Gasteiger partial charge in [-0.25, -0.2) is 8.42 Å². The molecular formula is C14H14N2O4S. The Morgan fingerprint density at radius 2 is 1.95 bits per heavy atom. The van der Waals surface area contributed by atoms with Gasteiger partial charge in [-0.3, -0.25) is 9.52 Å². The summed E-state index contributed by atoms with van der Waals surface area (Å²) in [5, 5.41) is 2.63. The Hall–Kier alpha value is -2.54. The Morgan fingerprint density at radius 3 is 2.62 bits per heavy atom. The summed E-state index contributed by atoms with van der Waals surface area (Å²) in [6.45, 7) is 0. The van der Waals surface area contributed by atoms with Gasteiger partial charge >= 0.3 is 0 Å². The van der Waals surface area contributed by atoms with E-state index in [-0.39, 0.29) is 5.91 Å². The number of anilines is 2. The monoisotopic (exact) mass is 306 g/mol. The standard InChI is InChI=1S/C14H14N2O4S/c1-21(18,19)16-12-5-2-4-11(10-12)15-14(17)8-7-13-6-3-9-20-13/h2-10,16H,1H3,(H,15,17)/b8-7+. The summed E-state index contributed by atoms with van der Waals surface area (Å²) in [7, 11) is -3.35. The lowest BCUT2D eigenvalue weighted by Crippen LogP contribution is -2.11. The van der Waals surface area contributed by atoms with Crippen molar-refractivity contribution in [2.24, 2.45) is 0 Å². The normalized spacial score (nSPS) is 11.5. The second-order valence-electron chi connectivity index (χ2n) is 4.29. The second-order valence-corrected chi connectivity index (χ2v) is 6.04. The number of sulfonamides is 1. The van der Waals surface area contributed by atoms with Crippen molar-refractivity contribution in [1.29, 1.82) is 0 Å². The number of nitrogens with one attached hydrogen (secondary N) is 2. The predicted molar refractivity (Wildman–Crippen MR) is 81.3 cm³/mol. The molecule has 0 aliphatic heterocycles. The van der Waals surface area contributed by atoms with Gasteiger partial charge in [0.2, 0.25) is 15.9 Å². The quantitative estimate of drug-likeness (QED) is 0.830. The first-order valence-electron chi connectivity index (χ1n) is 6.03. The van der Waals surface area contributed by atoms with Crippen molar-refractivity contribution < 1.29 is 17.6 Å². The number of amides is 1. The third-order valence-corrected chi connectivity index (χ3v) is 2.98. The Kier molecular flexibility index (Phi) is 4.44. The highest BCUT2D eigenvalue weighted by atomic mass is 32.2. The second kappa shape index (κ2) is 6.27. The molecule has 0 fully saturated rings. The molecule has 0 aliphatic carbocycles. The third kappa shape index (κ3) is 5.15. The molecule has 21 heavy (non-hydrogen) atoms. The Labute approximate surface area is 122 Å². The Bertz CT molecular complexity index is 749. The third-order valence-electron chi connectivity index (χ3n) is 2.38. The van der Waals surface area contributed by atoms with Gasteiger partial charge in [-0.05, 0) is 36.4 Å². The fourth-order valence-corrected chi connectivity index (χ4v) is 2.16. The van der Waals surface area contributed by atoms with E-state index in [0.29, 0.717) is 17.1 Å². The molecule has 1 aromatic heterocycles. The van der Waals surface area contributed by atoms with Gasteiger partial charge in [-0.15, -0.1) is 0 Å². The number of benzene rings is 1. The first-order valence-corrected chi connectivity index (χ1v) is 7.92. The number of furan rings is 1. The van der Waals surface area contributed by atoms with Crippen LogP contribution in [0.15, 0.2) is 53.2 Å². The van der Waals surface area contributed by atoms with Gasteiger partial charge in [0.05, 0.1) is 18.2 Å². The molecule has 0 unspecified atom stereocenters. The minimum atomic E-state index is -3.35. The van der Waals surface area contributed by atoms with E-state index in [0.717, 1.165) is 6.26 Å². The molecule has 0 saturated heterocycles. The van der Waals surface area contributed by atoms with Crippen LogP contribution in [-0.4, -0.2) is 20.6 Å². The molecule has 2 aromatic rings.